The Kier molecular flexibility index (Phi) is 3.79. The van der Waals surface area contributed by atoms with Gasteiger partial charge < -0.3 is 9.47 Å². The van der Waals surface area contributed by atoms with Gasteiger partial charge in [-0.2, -0.15) is 0 Å². The molecular weight excluding hydrogens is 264 g/mol. The first kappa shape index (κ1) is 12.5. The maximum atomic E-state index is 12.0. The zero-order chi connectivity index (χ0) is 12.3. The predicted octanol–water partition coefficient (Wildman–Crippen LogP) is 2.21. The van der Waals surface area contributed by atoms with Crippen LogP contribution in [0, 0.1) is 0 Å². The van der Waals surface area contributed by atoms with E-state index in [1.807, 2.05) is 0 Å². The van der Waals surface area contributed by atoms with Crippen LogP contribution in [0.4, 0.5) is 0 Å². The Morgan fingerprint density at radius 2 is 1.94 bits per heavy atom. The highest BCUT2D eigenvalue weighted by molar-refractivity contribution is 7.91. The first-order valence-electron chi connectivity index (χ1n) is 5.32. The molecule has 0 bridgehead atoms. The van der Waals surface area contributed by atoms with Gasteiger partial charge in [0.05, 0.1) is 10.6 Å². The number of ether oxygens (including phenoxy) is 2. The van der Waals surface area contributed by atoms with Crippen LogP contribution < -0.4 is 9.47 Å². The van der Waals surface area contributed by atoms with Gasteiger partial charge >= 0.3 is 0 Å². The van der Waals surface area contributed by atoms with Crippen LogP contribution >= 0.6 is 11.6 Å². The van der Waals surface area contributed by atoms with Gasteiger partial charge in [0.15, 0.2) is 21.3 Å². The van der Waals surface area contributed by atoms with Gasteiger partial charge in [-0.1, -0.05) is 0 Å². The van der Waals surface area contributed by atoms with Gasteiger partial charge in [0.2, 0.25) is 6.79 Å². The van der Waals surface area contributed by atoms with E-state index < -0.39 is 9.84 Å². The number of unbranched alkanes of at least 4 members (excludes halogenated alkanes) is 1. The number of sulfone groups is 1. The van der Waals surface area contributed by atoms with Crippen LogP contribution in [0.5, 0.6) is 11.5 Å². The minimum atomic E-state index is -3.25. The van der Waals surface area contributed by atoms with Crippen molar-refractivity contribution in [2.24, 2.45) is 0 Å². The van der Waals surface area contributed by atoms with Crippen LogP contribution in [0.3, 0.4) is 0 Å². The molecule has 94 valence electrons. The molecule has 1 aliphatic heterocycles. The normalized spacial score (nSPS) is 13.9. The molecule has 1 aliphatic rings. The zero-order valence-electron chi connectivity index (χ0n) is 9.19. The molecule has 17 heavy (non-hydrogen) atoms. The third-order valence-corrected chi connectivity index (χ3v) is 4.57. The number of halogens is 1. The highest BCUT2D eigenvalue weighted by Crippen LogP contribution is 2.34. The second kappa shape index (κ2) is 5.14. The smallest absolute Gasteiger partial charge is 0.231 e. The second-order valence-electron chi connectivity index (χ2n) is 3.73. The van der Waals surface area contributed by atoms with Crippen LogP contribution in [-0.2, 0) is 9.84 Å². The highest BCUT2D eigenvalue weighted by atomic mass is 35.5. The Labute approximate surface area is 105 Å². The van der Waals surface area contributed by atoms with Crippen molar-refractivity contribution in [1.29, 1.82) is 0 Å². The number of benzene rings is 1. The molecule has 0 radical (unpaired) electrons. The van der Waals surface area contributed by atoms with E-state index in [1.165, 1.54) is 6.07 Å². The lowest BCUT2D eigenvalue weighted by atomic mass is 10.3. The predicted molar refractivity (Wildman–Crippen MR) is 64.6 cm³/mol. The number of rotatable bonds is 5. The molecule has 0 aliphatic carbocycles. The maximum absolute atomic E-state index is 12.0. The Bertz CT molecular complexity index is 498. The molecular formula is C11H13ClO4S. The largest absolute Gasteiger partial charge is 0.454 e. The van der Waals surface area contributed by atoms with Crippen molar-refractivity contribution in [1.82, 2.24) is 0 Å². The van der Waals surface area contributed by atoms with E-state index in [9.17, 15) is 8.42 Å². The van der Waals surface area contributed by atoms with Crippen molar-refractivity contribution < 1.29 is 17.9 Å². The van der Waals surface area contributed by atoms with Crippen molar-refractivity contribution in [3.63, 3.8) is 0 Å². The van der Waals surface area contributed by atoms with Crippen molar-refractivity contribution >= 4 is 21.4 Å². The summed E-state index contributed by atoms with van der Waals surface area (Å²) in [6.07, 6.45) is 1.27. The van der Waals surface area contributed by atoms with Gasteiger partial charge in [0.1, 0.15) is 0 Å². The summed E-state index contributed by atoms with van der Waals surface area (Å²) < 4.78 is 34.2. The van der Waals surface area contributed by atoms with Crippen LogP contribution in [-0.4, -0.2) is 26.8 Å². The molecule has 0 N–H and O–H groups in total. The van der Waals surface area contributed by atoms with E-state index in [2.05, 4.69) is 0 Å². The number of fused-ring (bicyclic) bond motifs is 1. The molecule has 0 spiro atoms. The standard InChI is InChI=1S/C11H13ClO4S/c12-5-1-2-6-17(13,14)9-3-4-10-11(7-9)16-8-15-10/h3-4,7H,1-2,5-6,8H2. The number of hydrogen-bond donors (Lipinski definition) is 0. The molecule has 2 rings (SSSR count). The lowest BCUT2D eigenvalue weighted by molar-refractivity contribution is 0.174. The molecule has 1 aromatic carbocycles. The fraction of sp³-hybridized carbons (Fsp3) is 0.455. The van der Waals surface area contributed by atoms with Gasteiger partial charge in [0, 0.05) is 11.9 Å². The van der Waals surface area contributed by atoms with Crippen LogP contribution in [0.2, 0.25) is 0 Å². The van der Waals surface area contributed by atoms with Crippen molar-refractivity contribution in [2.45, 2.75) is 17.7 Å². The van der Waals surface area contributed by atoms with Crippen LogP contribution in [0.25, 0.3) is 0 Å². The lowest BCUT2D eigenvalue weighted by Gasteiger charge is -2.04. The van der Waals surface area contributed by atoms with E-state index in [-0.39, 0.29) is 17.4 Å². The van der Waals surface area contributed by atoms with Gasteiger partial charge in [0.25, 0.3) is 0 Å². The minimum Gasteiger partial charge on any atom is -0.454 e. The summed E-state index contributed by atoms with van der Waals surface area (Å²) in [6, 6.07) is 4.68. The maximum Gasteiger partial charge on any atom is 0.231 e. The SMILES string of the molecule is O=S(=O)(CCCCCl)c1ccc2c(c1)OCO2. The topological polar surface area (TPSA) is 52.6 Å². The summed E-state index contributed by atoms with van der Waals surface area (Å²) >= 11 is 5.52. The Morgan fingerprint density at radius 1 is 1.18 bits per heavy atom. The molecule has 1 heterocycles. The van der Waals surface area contributed by atoms with Crippen LogP contribution in [0.15, 0.2) is 23.1 Å². The fourth-order valence-corrected chi connectivity index (χ4v) is 3.15. The minimum absolute atomic E-state index is 0.110. The number of alkyl halides is 1. The summed E-state index contributed by atoms with van der Waals surface area (Å²) in [5.74, 6) is 1.67. The van der Waals surface area contributed by atoms with Crippen molar-refractivity contribution in [3.05, 3.63) is 18.2 Å². The molecule has 0 saturated heterocycles. The molecule has 0 fully saturated rings. The number of hydrogen-bond acceptors (Lipinski definition) is 4. The summed E-state index contributed by atoms with van der Waals surface area (Å²) in [7, 11) is -3.25. The molecule has 0 amide bonds. The van der Waals surface area contributed by atoms with E-state index in [4.69, 9.17) is 21.1 Å². The van der Waals surface area contributed by atoms with E-state index in [0.717, 1.165) is 0 Å². The van der Waals surface area contributed by atoms with Gasteiger partial charge in [-0.25, -0.2) is 8.42 Å². The molecule has 0 saturated carbocycles. The third-order valence-electron chi connectivity index (χ3n) is 2.50. The monoisotopic (exact) mass is 276 g/mol. The second-order valence-corrected chi connectivity index (χ2v) is 6.22. The summed E-state index contributed by atoms with van der Waals surface area (Å²) in [4.78, 5) is 0.274. The zero-order valence-corrected chi connectivity index (χ0v) is 10.8. The van der Waals surface area contributed by atoms with Crippen molar-refractivity contribution in [2.75, 3.05) is 18.4 Å². The molecule has 4 nitrogen and oxygen atoms in total. The summed E-state index contributed by atoms with van der Waals surface area (Å²) in [5, 5.41) is 0. The van der Waals surface area contributed by atoms with Gasteiger partial charge in [-0.05, 0) is 25.0 Å². The lowest BCUT2D eigenvalue weighted by Crippen LogP contribution is -2.07. The Hall–Kier alpha value is -0.940. The van der Waals surface area contributed by atoms with Crippen LogP contribution in [0.1, 0.15) is 12.8 Å². The molecule has 1 aromatic rings. The van der Waals surface area contributed by atoms with E-state index in [1.54, 1.807) is 12.1 Å². The Balaban J connectivity index is 2.16. The average molecular weight is 277 g/mol. The molecule has 0 atom stereocenters. The highest BCUT2D eigenvalue weighted by Gasteiger charge is 2.19. The molecule has 6 heteroatoms. The van der Waals surface area contributed by atoms with Crippen molar-refractivity contribution in [3.8, 4) is 11.5 Å². The third kappa shape index (κ3) is 2.84. The van der Waals surface area contributed by atoms with E-state index in [0.29, 0.717) is 30.2 Å². The van der Waals surface area contributed by atoms with E-state index >= 15 is 0 Å². The quantitative estimate of drug-likeness (QED) is 0.611. The van der Waals surface area contributed by atoms with Gasteiger partial charge in [-0.15, -0.1) is 11.6 Å². The first-order valence-corrected chi connectivity index (χ1v) is 7.50. The summed E-state index contributed by atoms with van der Waals surface area (Å²) in [6.45, 7) is 0.144. The Morgan fingerprint density at radius 3 is 2.71 bits per heavy atom. The average Bonchev–Trinajstić information content (AvgIpc) is 2.76. The molecule has 0 unspecified atom stereocenters. The summed E-state index contributed by atoms with van der Waals surface area (Å²) in [5.41, 5.74) is 0. The first-order chi connectivity index (χ1) is 8.13. The van der Waals surface area contributed by atoms with Gasteiger partial charge in [-0.3, -0.25) is 0 Å². The fourth-order valence-electron chi connectivity index (χ4n) is 1.57. The molecule has 0 aromatic heterocycles.